The molecule has 0 aromatic carbocycles. The number of allylic oxidation sites excluding steroid dienone is 1. The number of nitrogens with zero attached hydrogens (tertiary/aromatic N) is 2. The van der Waals surface area contributed by atoms with Crippen molar-refractivity contribution in [1.82, 2.24) is 15.3 Å². The Bertz CT molecular complexity index is 360. The van der Waals surface area contributed by atoms with Crippen LogP contribution in [0.4, 0.5) is 11.8 Å². The Morgan fingerprint density at radius 1 is 1.43 bits per heavy atom. The summed E-state index contributed by atoms with van der Waals surface area (Å²) in [4.78, 5) is 7.89. The maximum Gasteiger partial charge on any atom is 0.221 e. The van der Waals surface area contributed by atoms with Crippen molar-refractivity contribution in [2.75, 3.05) is 18.0 Å². The van der Waals surface area contributed by atoms with E-state index in [1.165, 1.54) is 0 Å². The highest BCUT2D eigenvalue weighted by atomic mass is 15.0. The average Bonchev–Trinajstić information content (AvgIpc) is 2.19. The lowest BCUT2D eigenvalue weighted by Gasteiger charge is -2.18. The largest absolute Gasteiger partial charge is 0.391 e. The predicted octanol–water partition coefficient (Wildman–Crippen LogP) is 0.232. The van der Waals surface area contributed by atoms with E-state index >= 15 is 0 Å². The van der Waals surface area contributed by atoms with Gasteiger partial charge >= 0.3 is 0 Å². The van der Waals surface area contributed by atoms with Crippen molar-refractivity contribution >= 4 is 11.8 Å². The normalized spacial score (nSPS) is 20.4. The van der Waals surface area contributed by atoms with Crippen LogP contribution in [0.3, 0.4) is 0 Å². The molecule has 0 saturated carbocycles. The lowest BCUT2D eigenvalue weighted by Crippen LogP contribution is -2.17. The Hall–Kier alpha value is -1.78. The molecule has 0 fully saturated rings. The summed E-state index contributed by atoms with van der Waals surface area (Å²) in [6.45, 7) is 0.949. The van der Waals surface area contributed by atoms with Gasteiger partial charge in [-0.2, -0.15) is 4.98 Å². The minimum atomic E-state index is 0.226. The van der Waals surface area contributed by atoms with Crippen molar-refractivity contribution in [2.24, 2.45) is 0 Å². The Balaban J connectivity index is 2.31. The molecule has 1 aromatic heterocycles. The molecule has 1 atom stereocenters. The van der Waals surface area contributed by atoms with Gasteiger partial charge in [-0.1, -0.05) is 6.08 Å². The highest BCUT2D eigenvalue weighted by Gasteiger charge is 2.14. The molecule has 0 aliphatic carbocycles. The van der Waals surface area contributed by atoms with Crippen molar-refractivity contribution in [3.05, 3.63) is 24.0 Å². The summed E-state index contributed by atoms with van der Waals surface area (Å²) >= 11 is 0. The van der Waals surface area contributed by atoms with E-state index in [9.17, 15) is 0 Å². The Kier molecular flexibility index (Phi) is 2.22. The molecule has 2 rings (SSSR count). The molecule has 2 heterocycles. The molecule has 5 nitrogen and oxygen atoms in total. The van der Waals surface area contributed by atoms with Crippen LogP contribution in [-0.4, -0.2) is 16.5 Å². The van der Waals surface area contributed by atoms with Crippen LogP contribution >= 0.6 is 0 Å². The van der Waals surface area contributed by atoms with Gasteiger partial charge in [-0.25, -0.2) is 4.98 Å². The van der Waals surface area contributed by atoms with E-state index in [0.29, 0.717) is 11.7 Å². The first-order valence-corrected chi connectivity index (χ1v) is 4.55. The Labute approximate surface area is 82.2 Å². The summed E-state index contributed by atoms with van der Waals surface area (Å²) in [6.07, 6.45) is 6.71. The van der Waals surface area contributed by atoms with E-state index in [1.54, 1.807) is 6.20 Å². The molecule has 1 unspecified atom stereocenters. The molecule has 1 aliphatic rings. The van der Waals surface area contributed by atoms with Crippen LogP contribution in [0.5, 0.6) is 0 Å². The molecule has 0 amide bonds. The molecule has 5 N–H and O–H groups in total. The fourth-order valence-electron chi connectivity index (χ4n) is 1.57. The fourth-order valence-corrected chi connectivity index (χ4v) is 1.57. The van der Waals surface area contributed by atoms with E-state index in [1.807, 2.05) is 6.20 Å². The van der Waals surface area contributed by atoms with Gasteiger partial charge in [-0.05, 0) is 12.6 Å². The second-order valence-corrected chi connectivity index (χ2v) is 3.28. The van der Waals surface area contributed by atoms with Crippen LogP contribution in [0.2, 0.25) is 0 Å². The van der Waals surface area contributed by atoms with Crippen molar-refractivity contribution in [3.63, 3.8) is 0 Å². The smallest absolute Gasteiger partial charge is 0.221 e. The maximum absolute atomic E-state index is 5.77. The fraction of sp³-hybridized carbons (Fsp3) is 0.333. The molecular weight excluding hydrogens is 178 g/mol. The van der Waals surface area contributed by atoms with Gasteiger partial charge in [0.15, 0.2) is 0 Å². The van der Waals surface area contributed by atoms with Crippen LogP contribution in [0.1, 0.15) is 17.9 Å². The zero-order chi connectivity index (χ0) is 9.97. The third-order valence-corrected chi connectivity index (χ3v) is 2.31. The first-order valence-electron chi connectivity index (χ1n) is 4.55. The minimum absolute atomic E-state index is 0.226. The summed E-state index contributed by atoms with van der Waals surface area (Å²) in [5, 5.41) is 3.13. The third kappa shape index (κ3) is 1.61. The molecule has 1 aliphatic heterocycles. The molecule has 5 heteroatoms. The van der Waals surface area contributed by atoms with Gasteiger partial charge < -0.3 is 16.8 Å². The summed E-state index contributed by atoms with van der Waals surface area (Å²) < 4.78 is 0. The van der Waals surface area contributed by atoms with Crippen LogP contribution in [-0.2, 0) is 0 Å². The third-order valence-electron chi connectivity index (χ3n) is 2.31. The Morgan fingerprint density at radius 2 is 2.29 bits per heavy atom. The summed E-state index contributed by atoms with van der Waals surface area (Å²) in [6, 6.07) is 0. The van der Waals surface area contributed by atoms with Gasteiger partial charge in [0.05, 0.1) is 0 Å². The van der Waals surface area contributed by atoms with E-state index in [2.05, 4.69) is 21.4 Å². The number of rotatable bonds is 1. The zero-order valence-corrected chi connectivity index (χ0v) is 7.77. The highest BCUT2D eigenvalue weighted by Crippen LogP contribution is 2.25. The first-order chi connectivity index (χ1) is 6.77. The predicted molar refractivity (Wildman–Crippen MR) is 55.4 cm³/mol. The van der Waals surface area contributed by atoms with Crippen molar-refractivity contribution in [2.45, 2.75) is 12.3 Å². The molecular formula is C9H13N5. The van der Waals surface area contributed by atoms with Gasteiger partial charge in [0.2, 0.25) is 5.95 Å². The summed E-state index contributed by atoms with van der Waals surface area (Å²) in [7, 11) is 0. The van der Waals surface area contributed by atoms with E-state index in [-0.39, 0.29) is 5.95 Å². The number of nitrogens with one attached hydrogen (secondary N) is 1. The highest BCUT2D eigenvalue weighted by molar-refractivity contribution is 5.45. The minimum Gasteiger partial charge on any atom is -0.391 e. The van der Waals surface area contributed by atoms with Gasteiger partial charge in [0.1, 0.15) is 5.82 Å². The van der Waals surface area contributed by atoms with Gasteiger partial charge in [0.25, 0.3) is 0 Å². The molecule has 0 saturated heterocycles. The molecule has 0 spiro atoms. The van der Waals surface area contributed by atoms with Gasteiger partial charge in [-0.3, -0.25) is 0 Å². The van der Waals surface area contributed by atoms with E-state index < -0.39 is 0 Å². The SMILES string of the molecule is Nc1ncc(C2C=CNCC2)c(N)n1. The topological polar surface area (TPSA) is 89.8 Å². The van der Waals surface area contributed by atoms with Crippen LogP contribution in [0.15, 0.2) is 18.5 Å². The number of aromatic nitrogens is 2. The quantitative estimate of drug-likeness (QED) is 0.591. The molecule has 74 valence electrons. The number of hydrogen-bond acceptors (Lipinski definition) is 5. The zero-order valence-electron chi connectivity index (χ0n) is 7.77. The summed E-state index contributed by atoms with van der Waals surface area (Å²) in [5.41, 5.74) is 12.1. The lowest BCUT2D eigenvalue weighted by molar-refractivity contribution is 0.655. The van der Waals surface area contributed by atoms with Crippen molar-refractivity contribution in [1.29, 1.82) is 0 Å². The van der Waals surface area contributed by atoms with Crippen molar-refractivity contribution in [3.8, 4) is 0 Å². The van der Waals surface area contributed by atoms with E-state index in [4.69, 9.17) is 11.5 Å². The van der Waals surface area contributed by atoms with Crippen LogP contribution < -0.4 is 16.8 Å². The van der Waals surface area contributed by atoms with Gasteiger partial charge in [-0.15, -0.1) is 0 Å². The Morgan fingerprint density at radius 3 is 2.93 bits per heavy atom. The van der Waals surface area contributed by atoms with Crippen LogP contribution in [0.25, 0.3) is 0 Å². The molecule has 1 aromatic rings. The second kappa shape index (κ2) is 3.53. The number of hydrogen-bond donors (Lipinski definition) is 3. The number of nitrogens with two attached hydrogens (primary N) is 2. The van der Waals surface area contributed by atoms with Gasteiger partial charge in [0, 0.05) is 24.2 Å². The lowest BCUT2D eigenvalue weighted by atomic mass is 9.96. The molecule has 0 bridgehead atoms. The molecule has 0 radical (unpaired) electrons. The average molecular weight is 191 g/mol. The van der Waals surface area contributed by atoms with Crippen LogP contribution in [0, 0.1) is 0 Å². The monoisotopic (exact) mass is 191 g/mol. The number of anilines is 2. The molecule has 14 heavy (non-hydrogen) atoms. The van der Waals surface area contributed by atoms with Crippen molar-refractivity contribution < 1.29 is 0 Å². The first kappa shape index (κ1) is 8.80. The number of nitrogen functional groups attached to an aromatic ring is 2. The standard InChI is InChI=1S/C9H13N5/c10-8-7(5-13-9(11)14-8)6-1-3-12-4-2-6/h1,3,5-6,12H,2,4H2,(H4,10,11,13,14). The second-order valence-electron chi connectivity index (χ2n) is 3.28. The maximum atomic E-state index is 5.77. The van der Waals surface area contributed by atoms with E-state index in [0.717, 1.165) is 18.5 Å². The summed E-state index contributed by atoms with van der Waals surface area (Å²) in [5.74, 6) is 1.01.